The molecule has 1 atom stereocenters. The van der Waals surface area contributed by atoms with Crippen LogP contribution in [0.1, 0.15) is 40.2 Å². The van der Waals surface area contributed by atoms with Crippen molar-refractivity contribution in [1.29, 1.82) is 0 Å². The first-order valence-electron chi connectivity index (χ1n) is 12.5. The van der Waals surface area contributed by atoms with Crippen molar-refractivity contribution in [1.82, 2.24) is 10.2 Å². The lowest BCUT2D eigenvalue weighted by atomic mass is 9.95. The lowest BCUT2D eigenvalue weighted by molar-refractivity contribution is -0.132. The van der Waals surface area contributed by atoms with Crippen molar-refractivity contribution < 1.29 is 24.2 Å². The van der Waals surface area contributed by atoms with E-state index in [1.807, 2.05) is 32.0 Å². The van der Waals surface area contributed by atoms with Gasteiger partial charge in [-0.3, -0.25) is 14.5 Å². The van der Waals surface area contributed by atoms with E-state index in [9.17, 15) is 14.7 Å². The maximum Gasteiger partial charge on any atom is 0.301 e. The number of benzene rings is 3. The Labute approximate surface area is 230 Å². The van der Waals surface area contributed by atoms with Gasteiger partial charge in [-0.05, 0) is 68.3 Å². The molecular formula is C30H27N3O5S. The molecule has 4 aromatic rings. The molecule has 0 radical (unpaired) electrons. The summed E-state index contributed by atoms with van der Waals surface area (Å²) in [5.74, 6) is -0.572. The summed E-state index contributed by atoms with van der Waals surface area (Å²) in [5, 5.41) is 20.4. The topological polar surface area (TPSA) is 102 Å². The fourth-order valence-electron chi connectivity index (χ4n) is 4.47. The SMILES string of the molecule is CCOc1ccc(C2C(=C(O)c3ccc(OCc4cccc(C)c4)cc3)C(=O)C(=O)N2c2nnc(C)s2)cc1. The number of aromatic nitrogens is 2. The molecule has 39 heavy (non-hydrogen) atoms. The van der Waals surface area contributed by atoms with Crippen LogP contribution >= 0.6 is 11.3 Å². The zero-order valence-corrected chi connectivity index (χ0v) is 22.6. The largest absolute Gasteiger partial charge is 0.507 e. The average Bonchev–Trinajstić information content (AvgIpc) is 3.48. The summed E-state index contributed by atoms with van der Waals surface area (Å²) in [6.45, 7) is 6.59. The second-order valence-electron chi connectivity index (χ2n) is 9.08. The third kappa shape index (κ3) is 5.39. The highest BCUT2D eigenvalue weighted by molar-refractivity contribution is 7.15. The lowest BCUT2D eigenvalue weighted by Gasteiger charge is -2.22. The molecule has 0 saturated carbocycles. The second kappa shape index (κ2) is 11.1. The Morgan fingerprint density at radius 3 is 2.28 bits per heavy atom. The summed E-state index contributed by atoms with van der Waals surface area (Å²) in [6, 6.07) is 21.0. The van der Waals surface area contributed by atoms with Crippen LogP contribution in [0.2, 0.25) is 0 Å². The van der Waals surface area contributed by atoms with Crippen molar-refractivity contribution in [3.8, 4) is 11.5 Å². The number of aliphatic hydroxyl groups excluding tert-OH is 1. The molecule has 0 aliphatic carbocycles. The molecule has 1 unspecified atom stereocenters. The lowest BCUT2D eigenvalue weighted by Crippen LogP contribution is -2.29. The molecule has 1 aromatic heterocycles. The zero-order chi connectivity index (χ0) is 27.5. The summed E-state index contributed by atoms with van der Waals surface area (Å²) < 4.78 is 11.4. The second-order valence-corrected chi connectivity index (χ2v) is 10.2. The molecule has 9 heteroatoms. The minimum Gasteiger partial charge on any atom is -0.507 e. The van der Waals surface area contributed by atoms with Crippen LogP contribution in [0.25, 0.3) is 5.76 Å². The van der Waals surface area contributed by atoms with Gasteiger partial charge in [-0.15, -0.1) is 10.2 Å². The molecule has 5 rings (SSSR count). The third-order valence-corrected chi connectivity index (χ3v) is 7.13. The third-order valence-electron chi connectivity index (χ3n) is 6.29. The first-order chi connectivity index (χ1) is 18.9. The van der Waals surface area contributed by atoms with E-state index < -0.39 is 17.7 Å². The van der Waals surface area contributed by atoms with Crippen LogP contribution < -0.4 is 14.4 Å². The monoisotopic (exact) mass is 541 g/mol. The van der Waals surface area contributed by atoms with Crippen molar-refractivity contribution in [2.75, 3.05) is 11.5 Å². The van der Waals surface area contributed by atoms with Gasteiger partial charge in [-0.2, -0.15) is 0 Å². The Bertz CT molecular complexity index is 1540. The number of rotatable bonds is 8. The standard InChI is InChI=1S/C30H27N3O5S/c1-4-37-23-12-8-21(9-13-23)26-25(28(35)29(36)33(26)30-32-31-19(3)39-30)27(34)22-10-14-24(15-11-22)38-17-20-7-5-6-18(2)16-20/h5-16,26,34H,4,17H2,1-3H3. The van der Waals surface area contributed by atoms with Crippen LogP contribution in [0.5, 0.6) is 11.5 Å². The minimum absolute atomic E-state index is 0.0227. The number of aryl methyl sites for hydroxylation is 2. The van der Waals surface area contributed by atoms with Gasteiger partial charge < -0.3 is 14.6 Å². The van der Waals surface area contributed by atoms with Crippen LogP contribution in [0.3, 0.4) is 0 Å². The Kier molecular flexibility index (Phi) is 7.42. The van der Waals surface area contributed by atoms with Crippen LogP contribution in [0, 0.1) is 13.8 Å². The molecule has 198 valence electrons. The van der Waals surface area contributed by atoms with Gasteiger partial charge in [0.05, 0.1) is 18.2 Å². The highest BCUT2D eigenvalue weighted by Crippen LogP contribution is 2.43. The van der Waals surface area contributed by atoms with Gasteiger partial charge in [0, 0.05) is 5.56 Å². The van der Waals surface area contributed by atoms with E-state index in [0.717, 1.165) is 11.1 Å². The molecule has 0 bridgehead atoms. The molecule has 0 spiro atoms. The molecule has 1 saturated heterocycles. The molecule has 3 aromatic carbocycles. The normalized spacial score (nSPS) is 16.5. The van der Waals surface area contributed by atoms with E-state index in [-0.39, 0.29) is 16.5 Å². The fraction of sp³-hybridized carbons (Fsp3) is 0.200. The van der Waals surface area contributed by atoms with E-state index in [2.05, 4.69) is 16.3 Å². The molecule has 1 aliphatic heterocycles. The molecule has 1 N–H and O–H groups in total. The number of ketones is 1. The van der Waals surface area contributed by atoms with Crippen LogP contribution in [0.15, 0.2) is 78.4 Å². The summed E-state index contributed by atoms with van der Waals surface area (Å²) in [7, 11) is 0. The molecule has 1 amide bonds. The number of carbonyl (C=O) groups excluding carboxylic acids is 2. The van der Waals surface area contributed by atoms with Crippen LogP contribution in [-0.2, 0) is 16.2 Å². The van der Waals surface area contributed by atoms with E-state index in [1.165, 1.54) is 16.2 Å². The zero-order valence-electron chi connectivity index (χ0n) is 21.7. The van der Waals surface area contributed by atoms with Gasteiger partial charge in [0.2, 0.25) is 5.13 Å². The number of carbonyl (C=O) groups is 2. The van der Waals surface area contributed by atoms with Gasteiger partial charge in [-0.1, -0.05) is 53.3 Å². The van der Waals surface area contributed by atoms with Crippen molar-refractivity contribution in [3.63, 3.8) is 0 Å². The maximum atomic E-state index is 13.3. The van der Waals surface area contributed by atoms with Crippen molar-refractivity contribution in [2.24, 2.45) is 0 Å². The summed E-state index contributed by atoms with van der Waals surface area (Å²) in [6.07, 6.45) is 0. The molecule has 8 nitrogen and oxygen atoms in total. The number of amides is 1. The molecule has 1 fully saturated rings. The van der Waals surface area contributed by atoms with E-state index in [0.29, 0.717) is 40.8 Å². The number of hydrogen-bond donors (Lipinski definition) is 1. The first-order valence-corrected chi connectivity index (χ1v) is 13.3. The number of aliphatic hydroxyl groups is 1. The predicted octanol–water partition coefficient (Wildman–Crippen LogP) is 5.76. The number of ether oxygens (including phenoxy) is 2. The Balaban J connectivity index is 1.49. The minimum atomic E-state index is -0.884. The Morgan fingerprint density at radius 2 is 1.64 bits per heavy atom. The molecular weight excluding hydrogens is 514 g/mol. The van der Waals surface area contributed by atoms with Crippen molar-refractivity contribution in [2.45, 2.75) is 33.4 Å². The fourth-order valence-corrected chi connectivity index (χ4v) is 5.19. The van der Waals surface area contributed by atoms with E-state index in [4.69, 9.17) is 9.47 Å². The smallest absolute Gasteiger partial charge is 0.301 e. The van der Waals surface area contributed by atoms with Gasteiger partial charge in [0.15, 0.2) is 0 Å². The van der Waals surface area contributed by atoms with Gasteiger partial charge in [0.25, 0.3) is 5.78 Å². The number of anilines is 1. The summed E-state index contributed by atoms with van der Waals surface area (Å²) >= 11 is 1.20. The summed E-state index contributed by atoms with van der Waals surface area (Å²) in [5.41, 5.74) is 3.19. The molecule has 1 aliphatic rings. The van der Waals surface area contributed by atoms with Crippen LogP contribution in [0.4, 0.5) is 5.13 Å². The quantitative estimate of drug-likeness (QED) is 0.172. The van der Waals surface area contributed by atoms with Crippen LogP contribution in [-0.4, -0.2) is 33.6 Å². The van der Waals surface area contributed by atoms with Gasteiger partial charge in [0.1, 0.15) is 28.9 Å². The van der Waals surface area contributed by atoms with E-state index >= 15 is 0 Å². The van der Waals surface area contributed by atoms with Crippen molar-refractivity contribution >= 4 is 33.9 Å². The first kappa shape index (κ1) is 26.1. The van der Waals surface area contributed by atoms with Crippen molar-refractivity contribution in [3.05, 3.63) is 106 Å². The number of hydrogen-bond acceptors (Lipinski definition) is 8. The Morgan fingerprint density at radius 1 is 0.949 bits per heavy atom. The molecule has 2 heterocycles. The highest BCUT2D eigenvalue weighted by atomic mass is 32.1. The Hall–Kier alpha value is -4.50. The average molecular weight is 542 g/mol. The van der Waals surface area contributed by atoms with E-state index in [1.54, 1.807) is 55.5 Å². The highest BCUT2D eigenvalue weighted by Gasteiger charge is 2.48. The predicted molar refractivity (Wildman–Crippen MR) is 149 cm³/mol. The van der Waals surface area contributed by atoms with Gasteiger partial charge in [-0.25, -0.2) is 0 Å². The number of nitrogens with zero attached hydrogens (tertiary/aromatic N) is 3. The maximum absolute atomic E-state index is 13.3. The van der Waals surface area contributed by atoms with Gasteiger partial charge >= 0.3 is 5.91 Å². The number of Topliss-reactive ketones (excluding diaryl/α,β-unsaturated/α-hetero) is 1. The summed E-state index contributed by atoms with van der Waals surface area (Å²) in [4.78, 5) is 27.9.